The fourth-order valence-corrected chi connectivity index (χ4v) is 2.67. The second-order valence-corrected chi connectivity index (χ2v) is 8.02. The molecule has 0 unspecified atom stereocenters. The molecule has 1 aliphatic heterocycles. The minimum absolute atomic E-state index is 0.129. The van der Waals surface area contributed by atoms with Gasteiger partial charge in [0.1, 0.15) is 5.15 Å². The van der Waals surface area contributed by atoms with E-state index in [-0.39, 0.29) is 5.91 Å². The number of amides is 1. The molecule has 1 aliphatic rings. The monoisotopic (exact) mass is 414 g/mol. The summed E-state index contributed by atoms with van der Waals surface area (Å²) in [6.45, 7) is 9.70. The molecular weight excluding hydrogens is 394 g/mol. The van der Waals surface area contributed by atoms with Gasteiger partial charge in [-0.05, 0) is 55.2 Å². The van der Waals surface area contributed by atoms with Crippen LogP contribution in [0.3, 0.4) is 0 Å². The summed E-state index contributed by atoms with van der Waals surface area (Å²) in [5.74, 6) is -0.129. The summed E-state index contributed by atoms with van der Waals surface area (Å²) >= 11 is 9.56. The zero-order chi connectivity index (χ0) is 18.1. The highest BCUT2D eigenvalue weighted by atomic mass is 79.9. The van der Waals surface area contributed by atoms with Gasteiger partial charge >= 0.3 is 7.12 Å². The number of carbonyl (C=O) groups excluding carboxylic acids is 1. The van der Waals surface area contributed by atoms with Crippen molar-refractivity contribution in [2.45, 2.75) is 45.8 Å². The van der Waals surface area contributed by atoms with Gasteiger partial charge in [0.05, 0.1) is 11.2 Å². The van der Waals surface area contributed by atoms with Crippen molar-refractivity contribution in [3.8, 4) is 0 Å². The minimum Gasteiger partial charge on any atom is -0.400 e. The Morgan fingerprint density at radius 1 is 1.38 bits per heavy atom. The molecule has 130 valence electrons. The number of nitrogens with one attached hydrogen (secondary N) is 1. The lowest BCUT2D eigenvalue weighted by molar-refractivity contribution is -0.118. The van der Waals surface area contributed by atoms with Crippen molar-refractivity contribution in [1.29, 1.82) is 0 Å². The molecule has 1 aromatic heterocycles. The van der Waals surface area contributed by atoms with Gasteiger partial charge in [0.15, 0.2) is 0 Å². The van der Waals surface area contributed by atoms with Crippen molar-refractivity contribution in [2.24, 2.45) is 0 Å². The molecule has 1 aromatic rings. The molecule has 0 spiro atoms. The Bertz CT molecular complexity index is 663. The molecule has 8 heteroatoms. The van der Waals surface area contributed by atoms with Crippen LogP contribution in [0.25, 0.3) is 6.08 Å². The summed E-state index contributed by atoms with van der Waals surface area (Å²) in [6, 6.07) is 1.86. The predicted octanol–water partition coefficient (Wildman–Crippen LogP) is 3.65. The number of pyridine rings is 1. The Hall–Kier alpha value is -0.885. The summed E-state index contributed by atoms with van der Waals surface area (Å²) in [5, 5.41) is 3.16. The van der Waals surface area contributed by atoms with Gasteiger partial charge in [-0.15, -0.1) is 0 Å². The van der Waals surface area contributed by atoms with Gasteiger partial charge < -0.3 is 14.6 Å². The van der Waals surface area contributed by atoms with Crippen molar-refractivity contribution in [3.63, 3.8) is 0 Å². The molecule has 0 saturated carbocycles. The average Bonchev–Trinajstić information content (AvgIpc) is 2.66. The summed E-state index contributed by atoms with van der Waals surface area (Å²) in [5.41, 5.74) is 0.560. The van der Waals surface area contributed by atoms with Gasteiger partial charge in [-0.3, -0.25) is 4.79 Å². The normalized spacial score (nSPS) is 19.5. The van der Waals surface area contributed by atoms with E-state index in [2.05, 4.69) is 26.2 Å². The molecule has 2 rings (SSSR count). The van der Waals surface area contributed by atoms with Crippen LogP contribution in [0.5, 0.6) is 0 Å². The lowest BCUT2D eigenvalue weighted by atomic mass is 9.77. The van der Waals surface area contributed by atoms with Crippen molar-refractivity contribution >= 4 is 46.6 Å². The molecule has 0 radical (unpaired) electrons. The van der Waals surface area contributed by atoms with Gasteiger partial charge in [-0.25, -0.2) is 4.98 Å². The maximum absolute atomic E-state index is 11.3. The number of halogens is 2. The second-order valence-electron chi connectivity index (χ2n) is 6.75. The first kappa shape index (κ1) is 19.4. The van der Waals surface area contributed by atoms with Crippen LogP contribution in [0.2, 0.25) is 5.15 Å². The van der Waals surface area contributed by atoms with Crippen LogP contribution in [0, 0.1) is 0 Å². The smallest absolute Gasteiger partial charge is 0.400 e. The molecule has 24 heavy (non-hydrogen) atoms. The van der Waals surface area contributed by atoms with E-state index in [1.165, 1.54) is 6.92 Å². The standard InChI is InChI=1S/C16H21BBrClN2O3/c1-10(22)20-8-12(6-11-7-13(18)9-21-14(11)19)17-23-15(2,3)16(4,5)24-17/h6-7,9H,8H2,1-5H3,(H,20,22). The Balaban J connectivity index is 2.37. The Morgan fingerprint density at radius 3 is 2.50 bits per heavy atom. The Labute approximate surface area is 156 Å². The van der Waals surface area contributed by atoms with Crippen molar-refractivity contribution in [3.05, 3.63) is 32.9 Å². The van der Waals surface area contributed by atoms with E-state index in [1.807, 2.05) is 39.8 Å². The Kier molecular flexibility index (Phi) is 5.80. The third-order valence-electron chi connectivity index (χ3n) is 4.27. The van der Waals surface area contributed by atoms with E-state index in [0.717, 1.165) is 15.5 Å². The van der Waals surface area contributed by atoms with Gasteiger partial charge in [0, 0.05) is 29.7 Å². The van der Waals surface area contributed by atoms with E-state index in [1.54, 1.807) is 6.20 Å². The first-order valence-electron chi connectivity index (χ1n) is 7.63. The molecule has 1 saturated heterocycles. The highest BCUT2D eigenvalue weighted by molar-refractivity contribution is 9.10. The second kappa shape index (κ2) is 7.16. The number of hydrogen-bond donors (Lipinski definition) is 1. The van der Waals surface area contributed by atoms with E-state index in [4.69, 9.17) is 20.9 Å². The van der Waals surface area contributed by atoms with Crippen molar-refractivity contribution < 1.29 is 14.1 Å². The molecular formula is C16H21BBrClN2O3. The molecule has 5 nitrogen and oxygen atoms in total. The molecule has 1 fully saturated rings. The SMILES string of the molecule is CC(=O)NCC(=Cc1cc(Br)cnc1Cl)B1OC(C)(C)C(C)(C)O1. The summed E-state index contributed by atoms with van der Waals surface area (Å²) in [6.07, 6.45) is 3.47. The molecule has 0 bridgehead atoms. The topological polar surface area (TPSA) is 60.5 Å². The number of carbonyl (C=O) groups is 1. The summed E-state index contributed by atoms with van der Waals surface area (Å²) in [4.78, 5) is 15.4. The van der Waals surface area contributed by atoms with Crippen molar-refractivity contribution in [1.82, 2.24) is 10.3 Å². The van der Waals surface area contributed by atoms with Gasteiger partial charge in [-0.1, -0.05) is 17.7 Å². The zero-order valence-electron chi connectivity index (χ0n) is 14.4. The van der Waals surface area contributed by atoms with Gasteiger partial charge in [0.25, 0.3) is 0 Å². The fraction of sp³-hybridized carbons (Fsp3) is 0.500. The third-order valence-corrected chi connectivity index (χ3v) is 5.02. The number of nitrogens with zero attached hydrogens (tertiary/aromatic N) is 1. The van der Waals surface area contributed by atoms with E-state index in [0.29, 0.717) is 11.7 Å². The number of rotatable bonds is 4. The average molecular weight is 416 g/mol. The highest BCUT2D eigenvalue weighted by Crippen LogP contribution is 2.39. The molecule has 2 heterocycles. The molecule has 0 atom stereocenters. The summed E-state index contributed by atoms with van der Waals surface area (Å²) < 4.78 is 13.0. The van der Waals surface area contributed by atoms with Crippen LogP contribution in [0.15, 0.2) is 22.2 Å². The first-order valence-corrected chi connectivity index (χ1v) is 8.80. The molecule has 0 aliphatic carbocycles. The molecule has 1 amide bonds. The first-order chi connectivity index (χ1) is 11.0. The number of aromatic nitrogens is 1. The van der Waals surface area contributed by atoms with Crippen molar-refractivity contribution in [2.75, 3.05) is 6.54 Å². The predicted molar refractivity (Wildman–Crippen MR) is 99.7 cm³/mol. The lowest BCUT2D eigenvalue weighted by Crippen LogP contribution is -2.41. The largest absolute Gasteiger partial charge is 0.492 e. The number of hydrogen-bond acceptors (Lipinski definition) is 4. The zero-order valence-corrected chi connectivity index (χ0v) is 16.8. The van der Waals surface area contributed by atoms with Gasteiger partial charge in [-0.2, -0.15) is 0 Å². The maximum atomic E-state index is 11.3. The maximum Gasteiger partial charge on any atom is 0.492 e. The van der Waals surface area contributed by atoms with E-state index >= 15 is 0 Å². The fourth-order valence-electron chi connectivity index (χ4n) is 2.16. The van der Waals surface area contributed by atoms with E-state index < -0.39 is 18.3 Å². The van der Waals surface area contributed by atoms with Crippen LogP contribution < -0.4 is 5.32 Å². The Morgan fingerprint density at radius 2 is 1.96 bits per heavy atom. The highest BCUT2D eigenvalue weighted by Gasteiger charge is 2.52. The van der Waals surface area contributed by atoms with E-state index in [9.17, 15) is 4.79 Å². The quantitative estimate of drug-likeness (QED) is 0.602. The van der Waals surface area contributed by atoms with Crippen LogP contribution in [0.4, 0.5) is 0 Å². The van der Waals surface area contributed by atoms with Crippen LogP contribution in [-0.2, 0) is 14.1 Å². The molecule has 1 N–H and O–H groups in total. The lowest BCUT2D eigenvalue weighted by Gasteiger charge is -2.32. The van der Waals surface area contributed by atoms with Crippen LogP contribution in [-0.4, -0.2) is 35.8 Å². The van der Waals surface area contributed by atoms with Crippen LogP contribution >= 0.6 is 27.5 Å². The van der Waals surface area contributed by atoms with Crippen LogP contribution in [0.1, 0.15) is 40.2 Å². The molecule has 0 aromatic carbocycles. The van der Waals surface area contributed by atoms with Gasteiger partial charge in [0.2, 0.25) is 5.91 Å². The summed E-state index contributed by atoms with van der Waals surface area (Å²) in [7, 11) is -0.572. The minimum atomic E-state index is -0.572. The third kappa shape index (κ3) is 4.39.